The average Bonchev–Trinajstić information content (AvgIpc) is 3.06. The second-order valence-electron chi connectivity index (χ2n) is 4.00. The molecule has 5 nitrogen and oxygen atoms in total. The molecular formula is C13H6F2N4O. The number of hydrogen-bond acceptors (Lipinski definition) is 4. The van der Waals surface area contributed by atoms with Crippen LogP contribution in [0.5, 0.6) is 0 Å². The third-order valence-corrected chi connectivity index (χ3v) is 2.60. The lowest BCUT2D eigenvalue weighted by molar-refractivity contribution is 0.432. The highest BCUT2D eigenvalue weighted by atomic mass is 19.1. The molecule has 0 bridgehead atoms. The van der Waals surface area contributed by atoms with Crippen LogP contribution in [0.25, 0.3) is 22.8 Å². The normalized spacial score (nSPS) is 10.4. The van der Waals surface area contributed by atoms with Gasteiger partial charge in [-0.05, 0) is 18.2 Å². The van der Waals surface area contributed by atoms with Crippen molar-refractivity contribution in [3.05, 3.63) is 47.8 Å². The number of rotatable bonds is 2. The van der Waals surface area contributed by atoms with Gasteiger partial charge >= 0.3 is 0 Å². The number of nitriles is 1. The summed E-state index contributed by atoms with van der Waals surface area (Å²) in [5, 5.41) is 12.4. The predicted molar refractivity (Wildman–Crippen MR) is 64.2 cm³/mol. The predicted octanol–water partition coefficient (Wildman–Crippen LogP) is 2.88. The number of aromatic amines is 1. The van der Waals surface area contributed by atoms with E-state index in [2.05, 4.69) is 15.1 Å². The molecule has 2 heterocycles. The van der Waals surface area contributed by atoms with E-state index in [1.54, 1.807) is 0 Å². The van der Waals surface area contributed by atoms with Crippen LogP contribution in [-0.4, -0.2) is 15.1 Å². The maximum absolute atomic E-state index is 13.1. The zero-order valence-electron chi connectivity index (χ0n) is 9.89. The lowest BCUT2D eigenvalue weighted by Crippen LogP contribution is -1.85. The Morgan fingerprint density at radius 1 is 1.10 bits per heavy atom. The first-order chi connectivity index (χ1) is 9.65. The molecule has 0 amide bonds. The molecule has 0 fully saturated rings. The number of aromatic nitrogens is 3. The van der Waals surface area contributed by atoms with Crippen molar-refractivity contribution in [2.24, 2.45) is 0 Å². The monoisotopic (exact) mass is 272 g/mol. The lowest BCUT2D eigenvalue weighted by Gasteiger charge is -1.95. The van der Waals surface area contributed by atoms with Crippen LogP contribution in [-0.2, 0) is 0 Å². The van der Waals surface area contributed by atoms with Gasteiger partial charge in [0.05, 0.1) is 5.56 Å². The fraction of sp³-hybridized carbons (Fsp3) is 0. The highest BCUT2D eigenvalue weighted by Gasteiger charge is 2.13. The van der Waals surface area contributed by atoms with E-state index in [1.165, 1.54) is 12.3 Å². The second-order valence-corrected chi connectivity index (χ2v) is 4.00. The maximum Gasteiger partial charge on any atom is 0.259 e. The number of H-pyrrole nitrogens is 1. The molecule has 20 heavy (non-hydrogen) atoms. The molecule has 3 rings (SSSR count). The van der Waals surface area contributed by atoms with Gasteiger partial charge in [-0.3, -0.25) is 0 Å². The van der Waals surface area contributed by atoms with Crippen molar-refractivity contribution in [1.29, 1.82) is 5.26 Å². The summed E-state index contributed by atoms with van der Waals surface area (Å²) in [6.45, 7) is 0. The third kappa shape index (κ3) is 2.14. The fourth-order valence-electron chi connectivity index (χ4n) is 1.72. The number of nitrogens with one attached hydrogen (secondary N) is 1. The largest absolute Gasteiger partial charge is 0.352 e. The van der Waals surface area contributed by atoms with E-state index in [-0.39, 0.29) is 17.3 Å². The highest BCUT2D eigenvalue weighted by molar-refractivity contribution is 5.60. The molecule has 0 spiro atoms. The molecule has 0 radical (unpaired) electrons. The van der Waals surface area contributed by atoms with Crippen molar-refractivity contribution in [2.75, 3.05) is 0 Å². The highest BCUT2D eigenvalue weighted by Crippen LogP contribution is 2.23. The Morgan fingerprint density at radius 2 is 1.85 bits per heavy atom. The Kier molecular flexibility index (Phi) is 2.76. The summed E-state index contributed by atoms with van der Waals surface area (Å²) in [6, 6.07) is 6.43. The van der Waals surface area contributed by atoms with Crippen LogP contribution in [0.1, 0.15) is 5.69 Å². The van der Waals surface area contributed by atoms with Gasteiger partial charge in [-0.2, -0.15) is 10.2 Å². The van der Waals surface area contributed by atoms with Crippen LogP contribution in [0.4, 0.5) is 8.78 Å². The minimum atomic E-state index is -0.722. The van der Waals surface area contributed by atoms with Crippen LogP contribution in [0.2, 0.25) is 0 Å². The number of hydrogen-bond donors (Lipinski definition) is 1. The maximum atomic E-state index is 13.1. The minimum absolute atomic E-state index is 0.0677. The number of halogens is 2. The molecule has 0 aliphatic heterocycles. The van der Waals surface area contributed by atoms with Gasteiger partial charge in [0, 0.05) is 17.8 Å². The molecule has 0 aliphatic carbocycles. The smallest absolute Gasteiger partial charge is 0.259 e. The number of benzene rings is 1. The molecule has 3 aromatic rings. The van der Waals surface area contributed by atoms with Crippen LogP contribution in [0.3, 0.4) is 0 Å². The molecule has 0 unspecified atom stereocenters. The standard InChI is InChI=1S/C13H6F2N4O/c14-9-1-7(2-10(15)4-9)12-18-13(20-19-12)8-3-11(5-16)17-6-8/h1-4,6,17H. The van der Waals surface area contributed by atoms with Crippen molar-refractivity contribution < 1.29 is 13.3 Å². The molecule has 2 aromatic heterocycles. The molecule has 0 saturated heterocycles. The SMILES string of the molecule is N#Cc1cc(-c2nc(-c3cc(F)cc(F)c3)no2)c[nH]1. The first-order valence-corrected chi connectivity index (χ1v) is 5.55. The van der Waals surface area contributed by atoms with Crippen molar-refractivity contribution in [2.45, 2.75) is 0 Å². The first kappa shape index (κ1) is 12.0. The van der Waals surface area contributed by atoms with Gasteiger partial charge < -0.3 is 9.51 Å². The Labute approximate surface area is 111 Å². The summed E-state index contributed by atoms with van der Waals surface area (Å²) in [7, 11) is 0. The molecular weight excluding hydrogens is 266 g/mol. The van der Waals surface area contributed by atoms with Gasteiger partial charge in [0.25, 0.3) is 5.89 Å². The zero-order chi connectivity index (χ0) is 14.1. The van der Waals surface area contributed by atoms with Gasteiger partial charge in [-0.1, -0.05) is 5.16 Å². The molecule has 1 N–H and O–H groups in total. The lowest BCUT2D eigenvalue weighted by atomic mass is 10.2. The quantitative estimate of drug-likeness (QED) is 0.778. The van der Waals surface area contributed by atoms with E-state index < -0.39 is 11.6 Å². The van der Waals surface area contributed by atoms with E-state index in [9.17, 15) is 8.78 Å². The van der Waals surface area contributed by atoms with Gasteiger partial charge in [0.1, 0.15) is 23.4 Å². The van der Waals surface area contributed by atoms with Crippen molar-refractivity contribution >= 4 is 0 Å². The summed E-state index contributed by atoms with van der Waals surface area (Å²) >= 11 is 0. The number of nitrogens with zero attached hydrogens (tertiary/aromatic N) is 3. The Morgan fingerprint density at radius 3 is 2.50 bits per heavy atom. The average molecular weight is 272 g/mol. The zero-order valence-corrected chi connectivity index (χ0v) is 9.89. The summed E-state index contributed by atoms with van der Waals surface area (Å²) < 4.78 is 31.3. The van der Waals surface area contributed by atoms with Gasteiger partial charge in [-0.15, -0.1) is 0 Å². The Hall–Kier alpha value is -3.01. The minimum Gasteiger partial charge on any atom is -0.352 e. The summed E-state index contributed by atoms with van der Waals surface area (Å²) in [6.07, 6.45) is 1.53. The Balaban J connectivity index is 1.99. The molecule has 1 aromatic carbocycles. The molecule has 98 valence electrons. The van der Waals surface area contributed by atoms with Crippen molar-refractivity contribution in [3.8, 4) is 28.9 Å². The van der Waals surface area contributed by atoms with E-state index in [1.807, 2.05) is 6.07 Å². The van der Waals surface area contributed by atoms with Crippen LogP contribution < -0.4 is 0 Å². The van der Waals surface area contributed by atoms with Crippen molar-refractivity contribution in [1.82, 2.24) is 15.1 Å². The van der Waals surface area contributed by atoms with E-state index in [0.29, 0.717) is 11.3 Å². The second kappa shape index (κ2) is 4.59. The van der Waals surface area contributed by atoms with E-state index in [0.717, 1.165) is 18.2 Å². The van der Waals surface area contributed by atoms with E-state index in [4.69, 9.17) is 9.78 Å². The molecule has 7 heteroatoms. The van der Waals surface area contributed by atoms with Gasteiger partial charge in [0.15, 0.2) is 0 Å². The van der Waals surface area contributed by atoms with Gasteiger partial charge in [-0.25, -0.2) is 8.78 Å². The summed E-state index contributed by atoms with van der Waals surface area (Å²) in [4.78, 5) is 6.75. The van der Waals surface area contributed by atoms with E-state index >= 15 is 0 Å². The Bertz CT molecular complexity index is 796. The third-order valence-electron chi connectivity index (χ3n) is 2.60. The van der Waals surface area contributed by atoms with Crippen molar-refractivity contribution in [3.63, 3.8) is 0 Å². The van der Waals surface area contributed by atoms with Crippen LogP contribution in [0, 0.1) is 23.0 Å². The summed E-state index contributed by atoms with van der Waals surface area (Å²) in [5.74, 6) is -1.22. The molecule has 0 aliphatic rings. The first-order valence-electron chi connectivity index (χ1n) is 5.55. The van der Waals surface area contributed by atoms with Crippen LogP contribution in [0.15, 0.2) is 35.0 Å². The van der Waals surface area contributed by atoms with Crippen LogP contribution >= 0.6 is 0 Å². The molecule has 0 atom stereocenters. The summed E-state index contributed by atoms with van der Waals surface area (Å²) in [5.41, 5.74) is 1.04. The molecule has 0 saturated carbocycles. The van der Waals surface area contributed by atoms with Gasteiger partial charge in [0.2, 0.25) is 5.82 Å². The fourth-order valence-corrected chi connectivity index (χ4v) is 1.72. The topological polar surface area (TPSA) is 78.5 Å².